The van der Waals surface area contributed by atoms with Crippen molar-refractivity contribution < 1.29 is 4.39 Å². The molecule has 0 aliphatic carbocycles. The van der Waals surface area contributed by atoms with E-state index in [1.807, 2.05) is 12.1 Å². The molecule has 21 heavy (non-hydrogen) atoms. The van der Waals surface area contributed by atoms with Gasteiger partial charge in [-0.15, -0.1) is 0 Å². The highest BCUT2D eigenvalue weighted by Gasteiger charge is 2.11. The van der Waals surface area contributed by atoms with Crippen LogP contribution in [0.15, 0.2) is 51.4 Å². The van der Waals surface area contributed by atoms with Crippen LogP contribution < -0.4 is 5.32 Å². The normalized spacial score (nSPS) is 14.0. The van der Waals surface area contributed by atoms with Gasteiger partial charge in [-0.2, -0.15) is 0 Å². The molecule has 2 unspecified atom stereocenters. The minimum atomic E-state index is -0.228. The third kappa shape index (κ3) is 4.90. The molecule has 0 aliphatic rings. The third-order valence-corrected chi connectivity index (χ3v) is 4.57. The number of hydrogen-bond donors (Lipinski definition) is 1. The number of benzene rings is 2. The fraction of sp³-hybridized carbons (Fsp3) is 0.294. The second-order valence-electron chi connectivity index (χ2n) is 5.29. The standard InChI is InChI=1S/C17H18Br2FN/c1-11(9-13-3-6-15(18)7-4-13)21-12(2)14-5-8-17(20)16(19)10-14/h3-8,10-12,21H,9H2,1-2H3. The summed E-state index contributed by atoms with van der Waals surface area (Å²) in [5, 5.41) is 3.55. The molecule has 1 nitrogen and oxygen atoms in total. The molecule has 112 valence electrons. The molecule has 2 atom stereocenters. The molecule has 0 spiro atoms. The maximum absolute atomic E-state index is 13.3. The van der Waals surface area contributed by atoms with Gasteiger partial charge in [0, 0.05) is 16.6 Å². The van der Waals surface area contributed by atoms with Crippen molar-refractivity contribution in [2.75, 3.05) is 0 Å². The van der Waals surface area contributed by atoms with E-state index >= 15 is 0 Å². The zero-order chi connectivity index (χ0) is 15.4. The third-order valence-electron chi connectivity index (χ3n) is 3.43. The van der Waals surface area contributed by atoms with E-state index in [2.05, 4.69) is 75.3 Å². The van der Waals surface area contributed by atoms with Gasteiger partial charge in [0.1, 0.15) is 5.82 Å². The quantitative estimate of drug-likeness (QED) is 0.668. The second kappa shape index (κ2) is 7.52. The van der Waals surface area contributed by atoms with Gasteiger partial charge in [-0.25, -0.2) is 4.39 Å². The Hall–Kier alpha value is -0.710. The fourth-order valence-corrected chi connectivity index (χ4v) is 3.00. The minimum absolute atomic E-state index is 0.173. The summed E-state index contributed by atoms with van der Waals surface area (Å²) in [7, 11) is 0. The Morgan fingerprint density at radius 2 is 1.71 bits per heavy atom. The van der Waals surface area contributed by atoms with Crippen molar-refractivity contribution in [2.45, 2.75) is 32.4 Å². The molecular formula is C17H18Br2FN. The monoisotopic (exact) mass is 413 g/mol. The van der Waals surface area contributed by atoms with Gasteiger partial charge in [-0.1, -0.05) is 34.1 Å². The van der Waals surface area contributed by atoms with E-state index in [9.17, 15) is 4.39 Å². The summed E-state index contributed by atoms with van der Waals surface area (Å²) in [6, 6.07) is 14.0. The van der Waals surface area contributed by atoms with E-state index in [1.54, 1.807) is 0 Å². The molecule has 1 N–H and O–H groups in total. The van der Waals surface area contributed by atoms with Crippen molar-refractivity contribution in [3.63, 3.8) is 0 Å². The van der Waals surface area contributed by atoms with E-state index in [1.165, 1.54) is 11.6 Å². The lowest BCUT2D eigenvalue weighted by Gasteiger charge is -2.21. The molecule has 2 rings (SSSR count). The van der Waals surface area contributed by atoms with Crippen molar-refractivity contribution in [1.29, 1.82) is 0 Å². The average molecular weight is 415 g/mol. The number of rotatable bonds is 5. The van der Waals surface area contributed by atoms with Gasteiger partial charge in [0.05, 0.1) is 4.47 Å². The smallest absolute Gasteiger partial charge is 0.137 e. The van der Waals surface area contributed by atoms with Crippen molar-refractivity contribution in [1.82, 2.24) is 5.32 Å². The summed E-state index contributed by atoms with van der Waals surface area (Å²) >= 11 is 6.68. The molecule has 0 saturated carbocycles. The predicted octanol–water partition coefficient (Wildman–Crippen LogP) is 5.63. The van der Waals surface area contributed by atoms with E-state index in [0.717, 1.165) is 16.5 Å². The van der Waals surface area contributed by atoms with Gasteiger partial charge in [-0.05, 0) is 71.6 Å². The molecule has 0 aliphatic heterocycles. The molecule has 2 aromatic carbocycles. The first kappa shape index (κ1) is 16.7. The number of hydrogen-bond acceptors (Lipinski definition) is 1. The summed E-state index contributed by atoms with van der Waals surface area (Å²) < 4.78 is 14.9. The first-order chi connectivity index (χ1) is 9.95. The highest BCUT2D eigenvalue weighted by molar-refractivity contribution is 9.10. The van der Waals surface area contributed by atoms with Gasteiger partial charge < -0.3 is 5.32 Å². The molecule has 0 saturated heterocycles. The van der Waals surface area contributed by atoms with Crippen LogP contribution in [0.5, 0.6) is 0 Å². The molecule has 0 fully saturated rings. The van der Waals surface area contributed by atoms with E-state index in [-0.39, 0.29) is 11.9 Å². The maximum atomic E-state index is 13.3. The Morgan fingerprint density at radius 3 is 2.33 bits per heavy atom. The first-order valence-electron chi connectivity index (χ1n) is 6.91. The SMILES string of the molecule is CC(Cc1ccc(Br)cc1)NC(C)c1ccc(F)c(Br)c1. The van der Waals surface area contributed by atoms with Crippen LogP contribution in [0.1, 0.15) is 31.0 Å². The lowest BCUT2D eigenvalue weighted by Crippen LogP contribution is -2.30. The first-order valence-corrected chi connectivity index (χ1v) is 8.49. The molecule has 0 bridgehead atoms. The Balaban J connectivity index is 1.96. The van der Waals surface area contributed by atoms with Crippen LogP contribution in [0.2, 0.25) is 0 Å². The van der Waals surface area contributed by atoms with E-state index < -0.39 is 0 Å². The van der Waals surface area contributed by atoms with E-state index in [0.29, 0.717) is 10.5 Å². The van der Waals surface area contributed by atoms with Crippen LogP contribution in [-0.4, -0.2) is 6.04 Å². The van der Waals surface area contributed by atoms with E-state index in [4.69, 9.17) is 0 Å². The lowest BCUT2D eigenvalue weighted by atomic mass is 10.0. The number of halogens is 3. The van der Waals surface area contributed by atoms with Crippen LogP contribution in [0.25, 0.3) is 0 Å². The molecular weight excluding hydrogens is 397 g/mol. The van der Waals surface area contributed by atoms with Crippen molar-refractivity contribution in [2.24, 2.45) is 0 Å². The highest BCUT2D eigenvalue weighted by Crippen LogP contribution is 2.22. The Labute approximate surface area is 142 Å². The van der Waals surface area contributed by atoms with Crippen LogP contribution in [0.4, 0.5) is 4.39 Å². The van der Waals surface area contributed by atoms with Crippen LogP contribution in [-0.2, 0) is 6.42 Å². The zero-order valence-corrected chi connectivity index (χ0v) is 15.2. The second-order valence-corrected chi connectivity index (χ2v) is 7.06. The fourth-order valence-electron chi connectivity index (χ4n) is 2.34. The minimum Gasteiger partial charge on any atom is -0.307 e. The van der Waals surface area contributed by atoms with Gasteiger partial charge >= 0.3 is 0 Å². The molecule has 4 heteroatoms. The topological polar surface area (TPSA) is 12.0 Å². The molecule has 0 aromatic heterocycles. The zero-order valence-electron chi connectivity index (χ0n) is 12.0. The largest absolute Gasteiger partial charge is 0.307 e. The summed E-state index contributed by atoms with van der Waals surface area (Å²) in [4.78, 5) is 0. The Bertz CT molecular complexity index is 598. The number of nitrogens with one attached hydrogen (secondary N) is 1. The van der Waals surface area contributed by atoms with Crippen molar-refractivity contribution in [3.05, 3.63) is 68.4 Å². The molecule has 0 radical (unpaired) electrons. The van der Waals surface area contributed by atoms with Crippen molar-refractivity contribution in [3.8, 4) is 0 Å². The molecule has 0 amide bonds. The Morgan fingerprint density at radius 1 is 1.05 bits per heavy atom. The summed E-state index contributed by atoms with van der Waals surface area (Å²) in [5.74, 6) is -0.228. The summed E-state index contributed by atoms with van der Waals surface area (Å²) in [5.41, 5.74) is 2.37. The maximum Gasteiger partial charge on any atom is 0.137 e. The average Bonchev–Trinajstić information content (AvgIpc) is 2.44. The summed E-state index contributed by atoms with van der Waals surface area (Å²) in [6.45, 7) is 4.26. The van der Waals surface area contributed by atoms with Crippen LogP contribution in [0.3, 0.4) is 0 Å². The van der Waals surface area contributed by atoms with Gasteiger partial charge in [0.2, 0.25) is 0 Å². The lowest BCUT2D eigenvalue weighted by molar-refractivity contribution is 0.476. The van der Waals surface area contributed by atoms with Crippen LogP contribution >= 0.6 is 31.9 Å². The predicted molar refractivity (Wildman–Crippen MR) is 93.0 cm³/mol. The van der Waals surface area contributed by atoms with Crippen LogP contribution in [0, 0.1) is 5.82 Å². The summed E-state index contributed by atoms with van der Waals surface area (Å²) in [6.07, 6.45) is 0.958. The van der Waals surface area contributed by atoms with Gasteiger partial charge in [0.25, 0.3) is 0 Å². The molecule has 2 aromatic rings. The van der Waals surface area contributed by atoms with Crippen molar-refractivity contribution >= 4 is 31.9 Å². The highest BCUT2D eigenvalue weighted by atomic mass is 79.9. The van der Waals surface area contributed by atoms with Gasteiger partial charge in [0.15, 0.2) is 0 Å². The Kier molecular flexibility index (Phi) is 5.97. The van der Waals surface area contributed by atoms with Gasteiger partial charge in [-0.3, -0.25) is 0 Å². The molecule has 0 heterocycles.